The number of nitrogens with zero attached hydrogens (tertiary/aromatic N) is 1. The second-order valence-corrected chi connectivity index (χ2v) is 6.65. The molecule has 3 nitrogen and oxygen atoms in total. The number of amides is 1. The fourth-order valence-electron chi connectivity index (χ4n) is 1.60. The highest BCUT2D eigenvalue weighted by atomic mass is 35.5. The quantitative estimate of drug-likeness (QED) is 0.830. The Morgan fingerprint density at radius 2 is 1.86 bits per heavy atom. The molecule has 1 aromatic heterocycles. The van der Waals surface area contributed by atoms with Crippen molar-refractivity contribution in [3.8, 4) is 0 Å². The van der Waals surface area contributed by atoms with Crippen LogP contribution >= 0.6 is 35.0 Å². The van der Waals surface area contributed by atoms with Crippen molar-refractivity contribution in [2.45, 2.75) is 23.7 Å². The summed E-state index contributed by atoms with van der Waals surface area (Å²) in [6.07, 6.45) is 1.57. The molecular weight excluding hydrogens is 327 g/mol. The summed E-state index contributed by atoms with van der Waals surface area (Å²) >= 11 is 13.0. The van der Waals surface area contributed by atoms with Crippen LogP contribution in [0.25, 0.3) is 0 Å². The van der Waals surface area contributed by atoms with Crippen molar-refractivity contribution in [2.75, 3.05) is 0 Å². The molecule has 0 aliphatic carbocycles. The molecule has 0 bridgehead atoms. The molecule has 0 aliphatic rings. The van der Waals surface area contributed by atoms with E-state index in [-0.39, 0.29) is 11.2 Å². The second-order valence-electron chi connectivity index (χ2n) is 4.42. The molecule has 0 aliphatic heterocycles. The second kappa shape index (κ2) is 7.69. The molecule has 1 heterocycles. The number of hydrogen-bond donors (Lipinski definition) is 1. The van der Waals surface area contributed by atoms with Gasteiger partial charge in [0.1, 0.15) is 0 Å². The lowest BCUT2D eigenvalue weighted by molar-refractivity contribution is -0.120. The molecule has 0 fully saturated rings. The van der Waals surface area contributed by atoms with Crippen LogP contribution in [0.15, 0.2) is 47.6 Å². The minimum Gasteiger partial charge on any atom is -0.351 e. The molecule has 0 spiro atoms. The number of hydrogen-bond acceptors (Lipinski definition) is 3. The Morgan fingerprint density at radius 3 is 2.48 bits per heavy atom. The van der Waals surface area contributed by atoms with E-state index in [0.29, 0.717) is 16.6 Å². The first-order chi connectivity index (χ1) is 10.0. The van der Waals surface area contributed by atoms with Crippen LogP contribution in [0.1, 0.15) is 12.5 Å². The maximum atomic E-state index is 12.0. The van der Waals surface area contributed by atoms with Crippen LogP contribution in [0.5, 0.6) is 0 Å². The SMILES string of the molecule is CC(Sc1ccc(Cl)cn1)C(=O)NCc1ccc(Cl)cc1. The van der Waals surface area contributed by atoms with Gasteiger partial charge in [0.05, 0.1) is 15.3 Å². The molecule has 2 aromatic rings. The Hall–Kier alpha value is -1.23. The molecule has 1 atom stereocenters. The van der Waals surface area contributed by atoms with Crippen LogP contribution in [0.2, 0.25) is 10.0 Å². The van der Waals surface area contributed by atoms with E-state index in [9.17, 15) is 4.79 Å². The Labute approximate surface area is 138 Å². The first-order valence-electron chi connectivity index (χ1n) is 6.35. The van der Waals surface area contributed by atoms with E-state index in [4.69, 9.17) is 23.2 Å². The van der Waals surface area contributed by atoms with E-state index in [1.165, 1.54) is 11.8 Å². The molecule has 0 saturated carbocycles. The first-order valence-corrected chi connectivity index (χ1v) is 7.98. The number of carbonyl (C=O) groups is 1. The van der Waals surface area contributed by atoms with Gasteiger partial charge in [0.25, 0.3) is 0 Å². The van der Waals surface area contributed by atoms with E-state index in [1.807, 2.05) is 19.1 Å². The summed E-state index contributed by atoms with van der Waals surface area (Å²) in [5.41, 5.74) is 1.01. The molecule has 0 radical (unpaired) electrons. The van der Waals surface area contributed by atoms with Crippen LogP contribution in [0.4, 0.5) is 0 Å². The smallest absolute Gasteiger partial charge is 0.233 e. The Kier molecular flexibility index (Phi) is 5.91. The van der Waals surface area contributed by atoms with Gasteiger partial charge in [-0.2, -0.15) is 0 Å². The molecule has 1 aromatic carbocycles. The van der Waals surface area contributed by atoms with Gasteiger partial charge in [-0.15, -0.1) is 0 Å². The number of thioether (sulfide) groups is 1. The van der Waals surface area contributed by atoms with Gasteiger partial charge in [0, 0.05) is 17.8 Å². The minimum absolute atomic E-state index is 0.0355. The van der Waals surface area contributed by atoms with Crippen molar-refractivity contribution >= 4 is 40.9 Å². The van der Waals surface area contributed by atoms with E-state index in [0.717, 1.165) is 10.6 Å². The zero-order valence-corrected chi connectivity index (χ0v) is 13.7. The topological polar surface area (TPSA) is 42.0 Å². The van der Waals surface area contributed by atoms with Crippen LogP contribution in [-0.4, -0.2) is 16.1 Å². The van der Waals surface area contributed by atoms with Crippen molar-refractivity contribution < 1.29 is 4.79 Å². The molecule has 6 heteroatoms. The van der Waals surface area contributed by atoms with Crippen molar-refractivity contribution in [1.29, 1.82) is 0 Å². The summed E-state index contributed by atoms with van der Waals surface area (Å²) in [5, 5.41) is 4.70. The third-order valence-corrected chi connectivity index (χ3v) is 4.27. The largest absolute Gasteiger partial charge is 0.351 e. The minimum atomic E-state index is -0.231. The fourth-order valence-corrected chi connectivity index (χ4v) is 2.65. The molecule has 2 rings (SSSR count). The highest BCUT2D eigenvalue weighted by molar-refractivity contribution is 8.00. The first kappa shape index (κ1) is 16.1. The van der Waals surface area contributed by atoms with Crippen molar-refractivity contribution in [1.82, 2.24) is 10.3 Å². The van der Waals surface area contributed by atoms with Gasteiger partial charge in [0.2, 0.25) is 5.91 Å². The van der Waals surface area contributed by atoms with E-state index >= 15 is 0 Å². The van der Waals surface area contributed by atoms with Gasteiger partial charge in [-0.25, -0.2) is 4.98 Å². The van der Waals surface area contributed by atoms with Crippen LogP contribution in [0.3, 0.4) is 0 Å². The summed E-state index contributed by atoms with van der Waals surface area (Å²) in [7, 11) is 0. The lowest BCUT2D eigenvalue weighted by Gasteiger charge is -2.11. The average molecular weight is 341 g/mol. The standard InChI is InChI=1S/C15H14Cl2N2OS/c1-10(21-14-7-6-13(17)9-18-14)15(20)19-8-11-2-4-12(16)5-3-11/h2-7,9-10H,8H2,1H3,(H,19,20). The predicted molar refractivity (Wildman–Crippen MR) is 87.9 cm³/mol. The molecule has 110 valence electrons. The Balaban J connectivity index is 1.84. The highest BCUT2D eigenvalue weighted by Crippen LogP contribution is 2.22. The Morgan fingerprint density at radius 1 is 1.19 bits per heavy atom. The van der Waals surface area contributed by atoms with Gasteiger partial charge < -0.3 is 5.32 Å². The monoisotopic (exact) mass is 340 g/mol. The molecular formula is C15H14Cl2N2OS. The van der Waals surface area contributed by atoms with Crippen molar-refractivity contribution in [3.05, 3.63) is 58.2 Å². The maximum Gasteiger partial charge on any atom is 0.233 e. The van der Waals surface area contributed by atoms with Crippen molar-refractivity contribution in [2.24, 2.45) is 0 Å². The van der Waals surface area contributed by atoms with E-state index in [1.54, 1.807) is 30.5 Å². The third-order valence-electron chi connectivity index (χ3n) is 2.75. The predicted octanol–water partition coefficient (Wildman–Crippen LogP) is 4.19. The highest BCUT2D eigenvalue weighted by Gasteiger charge is 2.14. The van der Waals surface area contributed by atoms with Crippen LogP contribution in [-0.2, 0) is 11.3 Å². The zero-order chi connectivity index (χ0) is 15.2. The molecule has 0 saturated heterocycles. The third kappa shape index (κ3) is 5.23. The summed E-state index contributed by atoms with van der Waals surface area (Å²) in [6, 6.07) is 10.9. The maximum absolute atomic E-state index is 12.0. The molecule has 1 N–H and O–H groups in total. The zero-order valence-electron chi connectivity index (χ0n) is 11.3. The van der Waals surface area contributed by atoms with Gasteiger partial charge in [-0.05, 0) is 36.8 Å². The van der Waals surface area contributed by atoms with Gasteiger partial charge in [-0.3, -0.25) is 4.79 Å². The lowest BCUT2D eigenvalue weighted by atomic mass is 10.2. The van der Waals surface area contributed by atoms with Gasteiger partial charge in [-0.1, -0.05) is 47.1 Å². The average Bonchev–Trinajstić information content (AvgIpc) is 2.48. The van der Waals surface area contributed by atoms with Crippen molar-refractivity contribution in [3.63, 3.8) is 0 Å². The molecule has 21 heavy (non-hydrogen) atoms. The normalized spacial score (nSPS) is 12.0. The van der Waals surface area contributed by atoms with Crippen LogP contribution in [0, 0.1) is 0 Å². The Bertz CT molecular complexity index is 602. The van der Waals surface area contributed by atoms with Gasteiger partial charge >= 0.3 is 0 Å². The number of rotatable bonds is 5. The van der Waals surface area contributed by atoms with Gasteiger partial charge in [0.15, 0.2) is 0 Å². The summed E-state index contributed by atoms with van der Waals surface area (Å²) in [4.78, 5) is 16.2. The number of aromatic nitrogens is 1. The molecule has 1 amide bonds. The number of halogens is 2. The number of pyridine rings is 1. The van der Waals surface area contributed by atoms with E-state index in [2.05, 4.69) is 10.3 Å². The number of benzene rings is 1. The number of nitrogens with one attached hydrogen (secondary N) is 1. The lowest BCUT2D eigenvalue weighted by Crippen LogP contribution is -2.30. The summed E-state index contributed by atoms with van der Waals surface area (Å²) < 4.78 is 0. The van der Waals surface area contributed by atoms with Crippen LogP contribution < -0.4 is 5.32 Å². The molecule has 1 unspecified atom stereocenters. The fraction of sp³-hybridized carbons (Fsp3) is 0.200. The van der Waals surface area contributed by atoms with E-state index < -0.39 is 0 Å². The summed E-state index contributed by atoms with van der Waals surface area (Å²) in [5.74, 6) is -0.0355. The number of carbonyl (C=O) groups excluding carboxylic acids is 1. The summed E-state index contributed by atoms with van der Waals surface area (Å²) in [6.45, 7) is 2.33.